The van der Waals surface area contributed by atoms with Gasteiger partial charge in [0, 0.05) is 11.9 Å². The van der Waals surface area contributed by atoms with Crippen LogP contribution in [0.2, 0.25) is 0 Å². The number of nitrogens with zero attached hydrogens (tertiary/aromatic N) is 1. The van der Waals surface area contributed by atoms with E-state index in [0.717, 1.165) is 0 Å². The third-order valence-corrected chi connectivity index (χ3v) is 4.03. The normalized spacial score (nSPS) is 11.6. The number of benzene rings is 1. The minimum atomic E-state index is -0.394. The second-order valence-electron chi connectivity index (χ2n) is 4.74. The maximum Gasteiger partial charge on any atom is 0.237 e. The van der Waals surface area contributed by atoms with Gasteiger partial charge in [-0.1, -0.05) is 0 Å². The highest BCUT2D eigenvalue weighted by atomic mass is 32.2. The fourth-order valence-corrected chi connectivity index (χ4v) is 2.37. The van der Waals surface area contributed by atoms with Crippen LogP contribution in [0.1, 0.15) is 6.92 Å². The third kappa shape index (κ3) is 5.71. The Hall–Kier alpha value is -2.41. The van der Waals surface area contributed by atoms with Crippen molar-refractivity contribution < 1.29 is 14.0 Å². The summed E-state index contributed by atoms with van der Waals surface area (Å²) >= 11 is 1.22. The Balaban J connectivity index is 1.76. The number of aromatic nitrogens is 1. The number of pyridine rings is 1. The van der Waals surface area contributed by atoms with Gasteiger partial charge in [0.25, 0.3) is 0 Å². The van der Waals surface area contributed by atoms with Crippen LogP contribution in [-0.4, -0.2) is 27.8 Å². The molecule has 0 saturated heterocycles. The Kier molecular flexibility index (Phi) is 6.10. The minimum Gasteiger partial charge on any atom is -0.325 e. The van der Waals surface area contributed by atoms with Gasteiger partial charge >= 0.3 is 0 Å². The molecule has 1 unspecified atom stereocenters. The van der Waals surface area contributed by atoms with Crippen molar-refractivity contribution >= 4 is 35.0 Å². The number of rotatable bonds is 6. The minimum absolute atomic E-state index is 0.124. The molecule has 120 valence electrons. The van der Waals surface area contributed by atoms with Crippen LogP contribution in [-0.2, 0) is 9.59 Å². The van der Waals surface area contributed by atoms with E-state index in [1.165, 1.54) is 36.0 Å². The second-order valence-corrected chi connectivity index (χ2v) is 6.07. The number of hydrogen-bond acceptors (Lipinski definition) is 4. The molecule has 1 aromatic heterocycles. The standard InChI is InChI=1S/C16H16FN3O2S/c1-11(16(22)20-14-3-2-8-18-9-14)23-10-15(21)19-13-6-4-12(17)5-7-13/h2-9,11H,10H2,1H3,(H,19,21)(H,20,22). The first-order chi connectivity index (χ1) is 11.0. The van der Waals surface area contributed by atoms with Crippen LogP contribution in [0.4, 0.5) is 15.8 Å². The van der Waals surface area contributed by atoms with Gasteiger partial charge in [-0.15, -0.1) is 11.8 Å². The Bertz CT molecular complexity index is 665. The van der Waals surface area contributed by atoms with Crippen molar-refractivity contribution in [1.29, 1.82) is 0 Å². The monoisotopic (exact) mass is 333 g/mol. The van der Waals surface area contributed by atoms with Crippen molar-refractivity contribution in [2.45, 2.75) is 12.2 Å². The first-order valence-corrected chi connectivity index (χ1v) is 7.97. The number of carbonyl (C=O) groups is 2. The van der Waals surface area contributed by atoms with Crippen LogP contribution in [0, 0.1) is 5.82 Å². The van der Waals surface area contributed by atoms with E-state index >= 15 is 0 Å². The van der Waals surface area contributed by atoms with Crippen molar-refractivity contribution in [2.24, 2.45) is 0 Å². The molecule has 1 aromatic carbocycles. The summed E-state index contributed by atoms with van der Waals surface area (Å²) in [5.41, 5.74) is 1.13. The summed E-state index contributed by atoms with van der Waals surface area (Å²) in [6.45, 7) is 1.72. The molecule has 1 atom stereocenters. The van der Waals surface area contributed by atoms with Crippen molar-refractivity contribution in [3.8, 4) is 0 Å². The SMILES string of the molecule is CC(SCC(=O)Nc1ccc(F)cc1)C(=O)Nc1cccnc1. The van der Waals surface area contributed by atoms with Crippen LogP contribution >= 0.6 is 11.8 Å². The summed E-state index contributed by atoms with van der Waals surface area (Å²) in [6, 6.07) is 8.97. The lowest BCUT2D eigenvalue weighted by atomic mass is 10.3. The van der Waals surface area contributed by atoms with Crippen molar-refractivity contribution in [3.05, 3.63) is 54.6 Å². The number of amides is 2. The van der Waals surface area contributed by atoms with Gasteiger partial charge < -0.3 is 10.6 Å². The summed E-state index contributed by atoms with van der Waals surface area (Å²) < 4.78 is 12.8. The van der Waals surface area contributed by atoms with Crippen molar-refractivity contribution in [1.82, 2.24) is 4.98 Å². The van der Waals surface area contributed by atoms with Crippen LogP contribution in [0.25, 0.3) is 0 Å². The van der Waals surface area contributed by atoms with E-state index < -0.39 is 5.25 Å². The van der Waals surface area contributed by atoms with Gasteiger partial charge in [-0.2, -0.15) is 0 Å². The summed E-state index contributed by atoms with van der Waals surface area (Å²) in [4.78, 5) is 27.7. The molecule has 0 bridgehead atoms. The molecule has 2 aromatic rings. The summed E-state index contributed by atoms with van der Waals surface area (Å²) in [5.74, 6) is -0.683. The fraction of sp³-hybridized carbons (Fsp3) is 0.188. The lowest BCUT2D eigenvalue weighted by Gasteiger charge is -2.12. The van der Waals surface area contributed by atoms with Crippen molar-refractivity contribution in [3.63, 3.8) is 0 Å². The molecule has 23 heavy (non-hydrogen) atoms. The molecular weight excluding hydrogens is 317 g/mol. The van der Waals surface area contributed by atoms with E-state index in [9.17, 15) is 14.0 Å². The third-order valence-electron chi connectivity index (χ3n) is 2.89. The molecule has 7 heteroatoms. The molecule has 0 aliphatic carbocycles. The molecule has 5 nitrogen and oxygen atoms in total. The number of carbonyl (C=O) groups excluding carboxylic acids is 2. The van der Waals surface area contributed by atoms with Crippen LogP contribution in [0.5, 0.6) is 0 Å². The molecule has 0 radical (unpaired) electrons. The Morgan fingerprint density at radius 2 is 1.91 bits per heavy atom. The molecule has 0 saturated carbocycles. The quantitative estimate of drug-likeness (QED) is 0.853. The average Bonchev–Trinajstić information content (AvgIpc) is 2.55. The molecule has 0 spiro atoms. The van der Waals surface area contributed by atoms with Crippen LogP contribution in [0.3, 0.4) is 0 Å². The Labute approximate surface area is 137 Å². The van der Waals surface area contributed by atoms with Gasteiger partial charge in [-0.25, -0.2) is 4.39 Å². The number of thioether (sulfide) groups is 1. The number of halogens is 1. The van der Waals surface area contributed by atoms with E-state index in [2.05, 4.69) is 15.6 Å². The average molecular weight is 333 g/mol. The topological polar surface area (TPSA) is 71.1 Å². The highest BCUT2D eigenvalue weighted by Crippen LogP contribution is 2.15. The Morgan fingerprint density at radius 1 is 1.17 bits per heavy atom. The van der Waals surface area contributed by atoms with E-state index in [4.69, 9.17) is 0 Å². The molecular formula is C16H16FN3O2S. The fourth-order valence-electron chi connectivity index (χ4n) is 1.69. The van der Waals surface area contributed by atoms with Gasteiger partial charge in [-0.3, -0.25) is 14.6 Å². The van der Waals surface area contributed by atoms with E-state index in [0.29, 0.717) is 11.4 Å². The molecule has 0 aliphatic rings. The summed E-state index contributed by atoms with van der Waals surface area (Å²) in [6.07, 6.45) is 3.17. The largest absolute Gasteiger partial charge is 0.325 e. The maximum atomic E-state index is 12.8. The molecule has 0 fully saturated rings. The van der Waals surface area contributed by atoms with Gasteiger partial charge in [-0.05, 0) is 43.3 Å². The first-order valence-electron chi connectivity index (χ1n) is 6.92. The lowest BCUT2D eigenvalue weighted by molar-refractivity contribution is -0.115. The Morgan fingerprint density at radius 3 is 2.57 bits per heavy atom. The second kappa shape index (κ2) is 8.28. The first kappa shape index (κ1) is 17.0. The summed E-state index contributed by atoms with van der Waals surface area (Å²) in [5, 5.41) is 4.98. The smallest absolute Gasteiger partial charge is 0.237 e. The zero-order valence-corrected chi connectivity index (χ0v) is 13.3. The zero-order chi connectivity index (χ0) is 16.7. The van der Waals surface area contributed by atoms with Gasteiger partial charge in [0.05, 0.1) is 22.9 Å². The van der Waals surface area contributed by atoms with Crippen molar-refractivity contribution in [2.75, 3.05) is 16.4 Å². The number of hydrogen-bond donors (Lipinski definition) is 2. The highest BCUT2D eigenvalue weighted by Gasteiger charge is 2.15. The number of anilines is 2. The van der Waals surface area contributed by atoms with Crippen LogP contribution < -0.4 is 10.6 Å². The van der Waals surface area contributed by atoms with Gasteiger partial charge in [0.2, 0.25) is 11.8 Å². The van der Waals surface area contributed by atoms with E-state index in [1.807, 2.05) is 0 Å². The zero-order valence-electron chi connectivity index (χ0n) is 12.5. The summed E-state index contributed by atoms with van der Waals surface area (Å²) in [7, 11) is 0. The highest BCUT2D eigenvalue weighted by molar-refractivity contribution is 8.01. The number of nitrogens with one attached hydrogen (secondary N) is 2. The molecule has 2 N–H and O–H groups in total. The molecule has 2 amide bonds. The van der Waals surface area contributed by atoms with E-state index in [1.54, 1.807) is 31.5 Å². The van der Waals surface area contributed by atoms with Gasteiger partial charge in [0.15, 0.2) is 0 Å². The molecule has 2 rings (SSSR count). The van der Waals surface area contributed by atoms with E-state index in [-0.39, 0.29) is 23.4 Å². The van der Waals surface area contributed by atoms with Crippen LogP contribution in [0.15, 0.2) is 48.8 Å². The predicted molar refractivity (Wildman–Crippen MR) is 89.8 cm³/mol. The maximum absolute atomic E-state index is 12.8. The predicted octanol–water partition coefficient (Wildman–Crippen LogP) is 2.92. The molecule has 1 heterocycles. The lowest BCUT2D eigenvalue weighted by Crippen LogP contribution is -2.25. The van der Waals surface area contributed by atoms with Gasteiger partial charge in [0.1, 0.15) is 5.82 Å². The molecule has 0 aliphatic heterocycles.